The molecule has 0 saturated heterocycles. The molecule has 0 saturated carbocycles. The van der Waals surface area contributed by atoms with Crippen molar-refractivity contribution in [1.82, 2.24) is 8.80 Å². The smallest absolute Gasteiger partial charge is 0.209 e. The molecule has 0 aliphatic rings. The molecule has 4 aromatic carbocycles. The van der Waals surface area contributed by atoms with Crippen molar-refractivity contribution in [1.29, 1.82) is 0 Å². The van der Waals surface area contributed by atoms with Crippen molar-refractivity contribution in [3.63, 3.8) is 0 Å². The van der Waals surface area contributed by atoms with E-state index in [0.29, 0.717) is 22.5 Å². The van der Waals surface area contributed by atoms with E-state index in [1.54, 1.807) is 0 Å². The standard InChI is InChI=1S/2C19H12FNO/c2*20-15-8-5-14(6-9-15)19(22)18-12-11-16-10-7-13-3-1-2-4-17(13)21(16)18/h2*1-12H. The van der Waals surface area contributed by atoms with Gasteiger partial charge in [-0.3, -0.25) is 9.59 Å². The molecule has 4 aromatic heterocycles. The molecule has 8 rings (SSSR count). The van der Waals surface area contributed by atoms with Crippen LogP contribution in [0.4, 0.5) is 8.78 Å². The largest absolute Gasteiger partial charge is 0.306 e. The number of rotatable bonds is 4. The number of hydrogen-bond donors (Lipinski definition) is 0. The van der Waals surface area contributed by atoms with Crippen LogP contribution in [0.3, 0.4) is 0 Å². The van der Waals surface area contributed by atoms with Gasteiger partial charge in [-0.15, -0.1) is 0 Å². The molecule has 0 unspecified atom stereocenters. The maximum Gasteiger partial charge on any atom is 0.209 e. The number of nitrogens with zero attached hydrogens (tertiary/aromatic N) is 2. The van der Waals surface area contributed by atoms with E-state index in [0.717, 1.165) is 32.8 Å². The fraction of sp³-hybridized carbons (Fsp3) is 0. The number of carbonyl (C=O) groups is 2. The van der Waals surface area contributed by atoms with Crippen molar-refractivity contribution in [3.8, 4) is 0 Å². The SMILES string of the molecule is O=C(c1ccc(F)cc1)c1ccc2ccc3ccccc3n12.O=C(c1ccc(F)cc1)c1ccc2ccc3ccccc3n12. The van der Waals surface area contributed by atoms with Crippen LogP contribution in [-0.2, 0) is 0 Å². The first-order valence-electron chi connectivity index (χ1n) is 14.1. The highest BCUT2D eigenvalue weighted by molar-refractivity contribution is 6.10. The van der Waals surface area contributed by atoms with Gasteiger partial charge in [-0.1, -0.05) is 48.5 Å². The molecule has 0 aliphatic carbocycles. The summed E-state index contributed by atoms with van der Waals surface area (Å²) in [5.41, 5.74) is 6.01. The van der Waals surface area contributed by atoms with Gasteiger partial charge < -0.3 is 8.80 Å². The van der Waals surface area contributed by atoms with Crippen molar-refractivity contribution >= 4 is 44.4 Å². The lowest BCUT2D eigenvalue weighted by molar-refractivity contribution is 0.102. The Bertz CT molecular complexity index is 2170. The number of aromatic nitrogens is 2. The maximum absolute atomic E-state index is 13.0. The Morgan fingerprint density at radius 1 is 0.409 bits per heavy atom. The summed E-state index contributed by atoms with van der Waals surface area (Å²) in [5.74, 6) is -0.920. The summed E-state index contributed by atoms with van der Waals surface area (Å²) < 4.78 is 30.0. The first-order chi connectivity index (χ1) is 21.5. The Hall–Kier alpha value is -5.88. The Labute approximate surface area is 251 Å². The number of hydrogen-bond acceptors (Lipinski definition) is 2. The third kappa shape index (κ3) is 4.82. The molecule has 0 fully saturated rings. The Balaban J connectivity index is 0.000000142. The summed E-state index contributed by atoms with van der Waals surface area (Å²) in [5, 5.41) is 2.14. The lowest BCUT2D eigenvalue weighted by Crippen LogP contribution is -2.05. The first-order valence-corrected chi connectivity index (χ1v) is 14.1. The average molecular weight is 579 g/mol. The van der Waals surface area contributed by atoms with E-state index in [9.17, 15) is 18.4 Å². The van der Waals surface area contributed by atoms with Crippen molar-refractivity contribution < 1.29 is 18.4 Å². The number of carbonyl (C=O) groups excluding carboxylic acids is 2. The van der Waals surface area contributed by atoms with E-state index < -0.39 is 0 Å². The zero-order valence-corrected chi connectivity index (χ0v) is 23.3. The predicted molar refractivity (Wildman–Crippen MR) is 169 cm³/mol. The fourth-order valence-corrected chi connectivity index (χ4v) is 5.57. The van der Waals surface area contributed by atoms with E-state index in [4.69, 9.17) is 0 Å². The van der Waals surface area contributed by atoms with Crippen molar-refractivity contribution in [2.45, 2.75) is 0 Å². The lowest BCUT2D eigenvalue weighted by atomic mass is 10.1. The summed E-state index contributed by atoms with van der Waals surface area (Å²) >= 11 is 0. The van der Waals surface area contributed by atoms with Gasteiger partial charge in [0, 0.05) is 22.2 Å². The molecule has 0 radical (unpaired) electrons. The average Bonchev–Trinajstić information content (AvgIpc) is 3.71. The summed E-state index contributed by atoms with van der Waals surface area (Å²) in [7, 11) is 0. The van der Waals surface area contributed by atoms with E-state index in [-0.39, 0.29) is 23.2 Å². The molecule has 0 bridgehead atoms. The van der Waals surface area contributed by atoms with Gasteiger partial charge in [0.15, 0.2) is 0 Å². The van der Waals surface area contributed by atoms with Crippen LogP contribution in [0, 0.1) is 11.6 Å². The number of pyridine rings is 2. The second-order valence-corrected chi connectivity index (χ2v) is 10.4. The zero-order valence-electron chi connectivity index (χ0n) is 23.3. The molecular formula is C38H24F2N2O2. The minimum Gasteiger partial charge on any atom is -0.306 e. The zero-order chi connectivity index (χ0) is 30.2. The van der Waals surface area contributed by atoms with Crippen LogP contribution in [0.25, 0.3) is 32.8 Å². The van der Waals surface area contributed by atoms with E-state index >= 15 is 0 Å². The second-order valence-electron chi connectivity index (χ2n) is 10.4. The van der Waals surface area contributed by atoms with Gasteiger partial charge in [-0.25, -0.2) is 8.78 Å². The van der Waals surface area contributed by atoms with Crippen LogP contribution in [-0.4, -0.2) is 20.4 Å². The number of halogens is 2. The maximum atomic E-state index is 13.0. The van der Waals surface area contributed by atoms with Crippen molar-refractivity contribution in [3.05, 3.63) is 180 Å². The number of para-hydroxylation sites is 2. The Morgan fingerprint density at radius 2 is 0.773 bits per heavy atom. The topological polar surface area (TPSA) is 43.0 Å². The highest BCUT2D eigenvalue weighted by atomic mass is 19.1. The molecule has 44 heavy (non-hydrogen) atoms. The number of benzene rings is 4. The lowest BCUT2D eigenvalue weighted by Gasteiger charge is -2.07. The third-order valence-electron chi connectivity index (χ3n) is 7.72. The molecule has 0 spiro atoms. The van der Waals surface area contributed by atoms with Gasteiger partial charge in [0.2, 0.25) is 11.6 Å². The molecule has 0 aliphatic heterocycles. The minimum atomic E-state index is -0.345. The van der Waals surface area contributed by atoms with Gasteiger partial charge in [0.1, 0.15) is 11.6 Å². The summed E-state index contributed by atoms with van der Waals surface area (Å²) in [4.78, 5) is 25.5. The van der Waals surface area contributed by atoms with Gasteiger partial charge in [-0.2, -0.15) is 0 Å². The predicted octanol–water partition coefficient (Wildman–Crippen LogP) is 8.93. The number of fused-ring (bicyclic) bond motifs is 6. The first kappa shape index (κ1) is 27.0. The van der Waals surface area contributed by atoms with Crippen molar-refractivity contribution in [2.24, 2.45) is 0 Å². The molecule has 4 nitrogen and oxygen atoms in total. The Morgan fingerprint density at radius 3 is 1.18 bits per heavy atom. The summed E-state index contributed by atoms with van der Waals surface area (Å²) in [6.07, 6.45) is 0. The second kappa shape index (κ2) is 11.1. The number of ketones is 2. The summed E-state index contributed by atoms with van der Waals surface area (Å²) in [6, 6.07) is 42.7. The third-order valence-corrected chi connectivity index (χ3v) is 7.72. The molecule has 4 heterocycles. The highest BCUT2D eigenvalue weighted by Gasteiger charge is 2.16. The molecular weight excluding hydrogens is 554 g/mol. The molecule has 8 aromatic rings. The van der Waals surface area contributed by atoms with Gasteiger partial charge >= 0.3 is 0 Å². The molecule has 212 valence electrons. The van der Waals surface area contributed by atoms with E-state index in [1.807, 2.05) is 106 Å². The normalized spacial score (nSPS) is 11.1. The van der Waals surface area contributed by atoms with Gasteiger partial charge in [0.25, 0.3) is 0 Å². The van der Waals surface area contributed by atoms with Crippen LogP contribution >= 0.6 is 0 Å². The van der Waals surface area contributed by atoms with Crippen LogP contribution in [0.2, 0.25) is 0 Å². The summed E-state index contributed by atoms with van der Waals surface area (Å²) in [6.45, 7) is 0. The van der Waals surface area contributed by atoms with Gasteiger partial charge in [-0.05, 0) is 108 Å². The van der Waals surface area contributed by atoms with E-state index in [1.165, 1.54) is 48.5 Å². The fourth-order valence-electron chi connectivity index (χ4n) is 5.57. The molecule has 0 atom stereocenters. The van der Waals surface area contributed by atoms with E-state index in [2.05, 4.69) is 0 Å². The molecule has 6 heteroatoms. The van der Waals surface area contributed by atoms with Crippen LogP contribution < -0.4 is 0 Å². The molecule has 0 amide bonds. The van der Waals surface area contributed by atoms with Crippen LogP contribution in [0.5, 0.6) is 0 Å². The van der Waals surface area contributed by atoms with Gasteiger partial charge in [0.05, 0.1) is 22.4 Å². The Kier molecular flexibility index (Phi) is 6.79. The van der Waals surface area contributed by atoms with Crippen LogP contribution in [0.1, 0.15) is 32.1 Å². The monoisotopic (exact) mass is 578 g/mol. The highest BCUT2D eigenvalue weighted by Crippen LogP contribution is 2.24. The van der Waals surface area contributed by atoms with Crippen LogP contribution in [0.15, 0.2) is 146 Å². The molecule has 0 N–H and O–H groups in total. The quantitative estimate of drug-likeness (QED) is 0.196. The van der Waals surface area contributed by atoms with Crippen molar-refractivity contribution in [2.75, 3.05) is 0 Å². The minimum absolute atomic E-state index is 0.114.